The number of hydrogen-bond acceptors (Lipinski definition) is 4. The molecule has 1 fully saturated rings. The first-order valence-electron chi connectivity index (χ1n) is 7.64. The Hall–Kier alpha value is -1.26. The Balaban J connectivity index is 2.50. The lowest BCUT2D eigenvalue weighted by molar-refractivity contribution is 0.0820. The summed E-state index contributed by atoms with van der Waals surface area (Å²) in [5, 5.41) is 3.43. The number of methoxy groups -OCH3 is 2. The summed E-state index contributed by atoms with van der Waals surface area (Å²) >= 11 is 0. The molecular weight excluding hydrogens is 264 g/mol. The highest BCUT2D eigenvalue weighted by Crippen LogP contribution is 2.46. The van der Waals surface area contributed by atoms with Crippen molar-refractivity contribution in [2.45, 2.75) is 26.8 Å². The summed E-state index contributed by atoms with van der Waals surface area (Å²) in [7, 11) is 3.46. The van der Waals surface area contributed by atoms with Crippen molar-refractivity contribution in [1.29, 1.82) is 0 Å². The number of ether oxygens (including phenoxy) is 2. The number of benzene rings is 1. The third-order valence-corrected chi connectivity index (χ3v) is 4.08. The summed E-state index contributed by atoms with van der Waals surface area (Å²) in [6, 6.07) is 6.31. The summed E-state index contributed by atoms with van der Waals surface area (Å²) in [4.78, 5) is 2.54. The first-order valence-corrected chi connectivity index (χ1v) is 7.64. The summed E-state index contributed by atoms with van der Waals surface area (Å²) in [6.07, 6.45) is 0. The minimum Gasteiger partial charge on any atom is -0.496 e. The van der Waals surface area contributed by atoms with E-state index in [0.717, 1.165) is 43.2 Å². The molecule has 21 heavy (non-hydrogen) atoms. The van der Waals surface area contributed by atoms with Crippen LogP contribution in [0.15, 0.2) is 18.2 Å². The van der Waals surface area contributed by atoms with E-state index in [2.05, 4.69) is 31.0 Å². The van der Waals surface area contributed by atoms with Crippen LogP contribution < -0.4 is 14.8 Å². The topological polar surface area (TPSA) is 33.7 Å². The Morgan fingerprint density at radius 2 is 1.57 bits per heavy atom. The molecule has 0 radical (unpaired) electrons. The average Bonchev–Trinajstić information content (AvgIpc) is 2.47. The molecule has 0 bridgehead atoms. The molecule has 4 nitrogen and oxygen atoms in total. The van der Waals surface area contributed by atoms with E-state index < -0.39 is 0 Å². The predicted molar refractivity (Wildman–Crippen MR) is 86.2 cm³/mol. The van der Waals surface area contributed by atoms with Crippen LogP contribution in [0.2, 0.25) is 0 Å². The molecule has 0 amide bonds. The molecule has 1 aliphatic heterocycles. The molecule has 1 aromatic rings. The molecule has 1 N–H and O–H groups in total. The molecule has 0 unspecified atom stereocenters. The first-order chi connectivity index (χ1) is 9.99. The normalized spacial score (nSPS) is 18.3. The van der Waals surface area contributed by atoms with E-state index >= 15 is 0 Å². The zero-order valence-corrected chi connectivity index (χ0v) is 13.9. The van der Waals surface area contributed by atoms with E-state index in [1.54, 1.807) is 14.2 Å². The number of rotatable bonds is 4. The summed E-state index contributed by atoms with van der Waals surface area (Å²) in [6.45, 7) is 11.0. The van der Waals surface area contributed by atoms with Gasteiger partial charge in [0.15, 0.2) is 0 Å². The number of piperazine rings is 1. The smallest absolute Gasteiger partial charge is 0.127 e. The number of hydrogen-bond donors (Lipinski definition) is 1. The Labute approximate surface area is 128 Å². The van der Waals surface area contributed by atoms with Gasteiger partial charge in [0.2, 0.25) is 0 Å². The molecule has 4 heteroatoms. The second kappa shape index (κ2) is 6.67. The minimum absolute atomic E-state index is 0.0965. The van der Waals surface area contributed by atoms with Gasteiger partial charge < -0.3 is 14.8 Å². The van der Waals surface area contributed by atoms with E-state index in [9.17, 15) is 0 Å². The lowest BCUT2D eigenvalue weighted by Gasteiger charge is -2.43. The second-order valence-corrected chi connectivity index (χ2v) is 6.63. The van der Waals surface area contributed by atoms with E-state index in [1.807, 2.05) is 18.2 Å². The molecule has 0 spiro atoms. The molecule has 1 saturated heterocycles. The number of nitrogens with zero attached hydrogens (tertiary/aromatic N) is 1. The van der Waals surface area contributed by atoms with Gasteiger partial charge in [0.25, 0.3) is 0 Å². The largest absolute Gasteiger partial charge is 0.496 e. The van der Waals surface area contributed by atoms with Crippen molar-refractivity contribution >= 4 is 0 Å². The maximum atomic E-state index is 5.63. The fourth-order valence-electron chi connectivity index (χ4n) is 3.25. The van der Waals surface area contributed by atoms with Gasteiger partial charge in [0.1, 0.15) is 11.5 Å². The molecule has 0 aromatic heterocycles. The van der Waals surface area contributed by atoms with Gasteiger partial charge in [-0.15, -0.1) is 0 Å². The molecular formula is C17H28N2O2. The average molecular weight is 292 g/mol. The molecule has 1 heterocycles. The van der Waals surface area contributed by atoms with Gasteiger partial charge in [-0.25, -0.2) is 0 Å². The van der Waals surface area contributed by atoms with Crippen molar-refractivity contribution in [1.82, 2.24) is 10.2 Å². The van der Waals surface area contributed by atoms with Crippen LogP contribution in [0.1, 0.15) is 32.4 Å². The van der Waals surface area contributed by atoms with Crippen LogP contribution in [-0.4, -0.2) is 45.3 Å². The molecule has 118 valence electrons. The van der Waals surface area contributed by atoms with Crippen molar-refractivity contribution < 1.29 is 9.47 Å². The highest BCUT2D eigenvalue weighted by atomic mass is 16.5. The van der Waals surface area contributed by atoms with Crippen LogP contribution in [-0.2, 0) is 0 Å². The van der Waals surface area contributed by atoms with Gasteiger partial charge in [-0.1, -0.05) is 26.8 Å². The fourth-order valence-corrected chi connectivity index (χ4v) is 3.25. The predicted octanol–water partition coefficient (Wildman–Crippen LogP) is 2.70. The van der Waals surface area contributed by atoms with Crippen LogP contribution in [0.5, 0.6) is 11.5 Å². The monoisotopic (exact) mass is 292 g/mol. The van der Waals surface area contributed by atoms with Gasteiger partial charge >= 0.3 is 0 Å². The SMILES string of the molecule is COc1cccc(OC)c1[C@H](N1CCNCC1)C(C)(C)C. The van der Waals surface area contributed by atoms with Gasteiger partial charge in [0.05, 0.1) is 19.8 Å². The molecule has 1 aromatic carbocycles. The highest BCUT2D eigenvalue weighted by molar-refractivity contribution is 5.47. The van der Waals surface area contributed by atoms with Crippen molar-refractivity contribution in [2.75, 3.05) is 40.4 Å². The van der Waals surface area contributed by atoms with Gasteiger partial charge in [-0.2, -0.15) is 0 Å². The van der Waals surface area contributed by atoms with E-state index in [-0.39, 0.29) is 11.5 Å². The summed E-state index contributed by atoms with van der Waals surface area (Å²) in [5.74, 6) is 1.82. The Bertz CT molecular complexity index is 440. The Morgan fingerprint density at radius 1 is 1.05 bits per heavy atom. The van der Waals surface area contributed by atoms with Crippen LogP contribution in [0.3, 0.4) is 0 Å². The standard InChI is InChI=1S/C17H28N2O2/c1-17(2,3)16(19-11-9-18-10-12-19)15-13(20-4)7-6-8-14(15)21-5/h6-8,16,18H,9-12H2,1-5H3/t16-/m0/s1. The second-order valence-electron chi connectivity index (χ2n) is 6.63. The molecule has 2 rings (SSSR count). The quantitative estimate of drug-likeness (QED) is 0.925. The van der Waals surface area contributed by atoms with Crippen LogP contribution in [0.4, 0.5) is 0 Å². The first kappa shape index (κ1) is 16.1. The van der Waals surface area contributed by atoms with Crippen molar-refractivity contribution in [3.05, 3.63) is 23.8 Å². The molecule has 1 aliphatic rings. The lowest BCUT2D eigenvalue weighted by atomic mass is 9.80. The van der Waals surface area contributed by atoms with E-state index in [0.29, 0.717) is 0 Å². The maximum absolute atomic E-state index is 5.63. The van der Waals surface area contributed by atoms with Crippen molar-refractivity contribution in [3.63, 3.8) is 0 Å². The minimum atomic E-state index is 0.0965. The third kappa shape index (κ3) is 3.50. The Kier molecular flexibility index (Phi) is 5.12. The van der Waals surface area contributed by atoms with Crippen LogP contribution >= 0.6 is 0 Å². The molecule has 0 saturated carbocycles. The lowest BCUT2D eigenvalue weighted by Crippen LogP contribution is -2.48. The zero-order valence-electron chi connectivity index (χ0n) is 13.9. The fraction of sp³-hybridized carbons (Fsp3) is 0.647. The third-order valence-electron chi connectivity index (χ3n) is 4.08. The van der Waals surface area contributed by atoms with Gasteiger partial charge in [-0.3, -0.25) is 4.90 Å². The summed E-state index contributed by atoms with van der Waals surface area (Å²) < 4.78 is 11.3. The van der Waals surface area contributed by atoms with Crippen LogP contribution in [0.25, 0.3) is 0 Å². The highest BCUT2D eigenvalue weighted by Gasteiger charge is 2.36. The summed E-state index contributed by atoms with van der Waals surface area (Å²) in [5.41, 5.74) is 1.26. The van der Waals surface area contributed by atoms with Crippen molar-refractivity contribution in [2.24, 2.45) is 5.41 Å². The maximum Gasteiger partial charge on any atom is 0.127 e. The van der Waals surface area contributed by atoms with E-state index in [1.165, 1.54) is 0 Å². The van der Waals surface area contributed by atoms with Gasteiger partial charge in [0, 0.05) is 32.2 Å². The molecule has 0 aliphatic carbocycles. The molecule has 1 atom stereocenters. The van der Waals surface area contributed by atoms with Gasteiger partial charge in [-0.05, 0) is 17.5 Å². The Morgan fingerprint density at radius 3 is 2.00 bits per heavy atom. The van der Waals surface area contributed by atoms with Crippen molar-refractivity contribution in [3.8, 4) is 11.5 Å². The van der Waals surface area contributed by atoms with E-state index in [4.69, 9.17) is 9.47 Å². The van der Waals surface area contributed by atoms with Crippen LogP contribution in [0, 0.1) is 5.41 Å². The number of nitrogens with one attached hydrogen (secondary N) is 1. The zero-order chi connectivity index (χ0) is 15.5.